The van der Waals surface area contributed by atoms with Crippen LogP contribution < -0.4 is 4.74 Å². The zero-order valence-corrected chi connectivity index (χ0v) is 13.8. The molecular weight excluding hydrogens is 355 g/mol. The average molecular weight is 367 g/mol. The monoisotopic (exact) mass is 367 g/mol. The number of hydrogen-bond acceptors (Lipinski definition) is 4. The van der Waals surface area contributed by atoms with E-state index in [2.05, 4.69) is 15.0 Å². The molecule has 0 aliphatic heterocycles. The lowest BCUT2D eigenvalue weighted by molar-refractivity contribution is -0.137. The van der Waals surface area contributed by atoms with E-state index in [1.165, 1.54) is 18.5 Å². The Hall–Kier alpha value is -3.48. The van der Waals surface area contributed by atoms with Gasteiger partial charge >= 0.3 is 6.18 Å². The highest BCUT2D eigenvalue weighted by Crippen LogP contribution is 2.35. The van der Waals surface area contributed by atoms with Crippen molar-refractivity contribution in [2.24, 2.45) is 0 Å². The zero-order valence-electron chi connectivity index (χ0n) is 13.8. The summed E-state index contributed by atoms with van der Waals surface area (Å²) >= 11 is 0. The number of rotatable bonds is 3. The van der Waals surface area contributed by atoms with Crippen LogP contribution in [0.2, 0.25) is 0 Å². The zero-order chi connectivity index (χ0) is 18.9. The smallest absolute Gasteiger partial charge is 0.416 e. The fourth-order valence-electron chi connectivity index (χ4n) is 2.73. The minimum Gasteiger partial charge on any atom is -0.438 e. The summed E-state index contributed by atoms with van der Waals surface area (Å²) in [5.74, 6) is 0.485. The highest BCUT2D eigenvalue weighted by molar-refractivity contribution is 5.94. The number of para-hydroxylation sites is 1. The number of pyridine rings is 1. The van der Waals surface area contributed by atoms with Gasteiger partial charge in [-0.3, -0.25) is 4.98 Å². The van der Waals surface area contributed by atoms with Gasteiger partial charge in [0.25, 0.3) is 0 Å². The molecule has 0 spiro atoms. The van der Waals surface area contributed by atoms with E-state index in [-0.39, 0.29) is 11.6 Å². The van der Waals surface area contributed by atoms with E-state index in [0.29, 0.717) is 5.56 Å². The second-order valence-corrected chi connectivity index (χ2v) is 5.75. The van der Waals surface area contributed by atoms with E-state index in [1.807, 2.05) is 30.3 Å². The molecule has 134 valence electrons. The summed E-state index contributed by atoms with van der Waals surface area (Å²) in [6.07, 6.45) is 0.205. The third kappa shape index (κ3) is 3.44. The van der Waals surface area contributed by atoms with Crippen molar-refractivity contribution in [1.82, 2.24) is 15.0 Å². The first kappa shape index (κ1) is 17.0. The number of aromatic nitrogens is 3. The first-order valence-corrected chi connectivity index (χ1v) is 8.01. The molecule has 0 saturated carbocycles. The van der Waals surface area contributed by atoms with Gasteiger partial charge in [-0.1, -0.05) is 24.3 Å². The van der Waals surface area contributed by atoms with Crippen LogP contribution in [-0.4, -0.2) is 15.0 Å². The van der Waals surface area contributed by atoms with Gasteiger partial charge in [0.05, 0.1) is 16.6 Å². The van der Waals surface area contributed by atoms with Crippen molar-refractivity contribution in [3.63, 3.8) is 0 Å². The van der Waals surface area contributed by atoms with Gasteiger partial charge in [0, 0.05) is 23.3 Å². The van der Waals surface area contributed by atoms with Gasteiger partial charge in [-0.15, -0.1) is 0 Å². The standard InChI is InChI=1S/C20H12F3N3O/c21-20(22,23)14-6-8-15(9-7-14)27-19-17(11-24-12-26-19)16-5-1-3-13-4-2-10-25-18(13)16/h1-12H. The number of fused-ring (bicyclic) bond motifs is 1. The fraction of sp³-hybridized carbons (Fsp3) is 0.0500. The highest BCUT2D eigenvalue weighted by atomic mass is 19.4. The van der Waals surface area contributed by atoms with Crippen LogP contribution in [0.15, 0.2) is 73.3 Å². The van der Waals surface area contributed by atoms with E-state index in [9.17, 15) is 13.2 Å². The SMILES string of the molecule is FC(F)(F)c1ccc(Oc2ncncc2-c2cccc3cccnc23)cc1. The van der Waals surface area contributed by atoms with Gasteiger partial charge in [0.1, 0.15) is 12.1 Å². The van der Waals surface area contributed by atoms with Crippen molar-refractivity contribution in [3.05, 3.63) is 78.9 Å². The van der Waals surface area contributed by atoms with Crippen molar-refractivity contribution >= 4 is 10.9 Å². The lowest BCUT2D eigenvalue weighted by Gasteiger charge is -2.12. The molecule has 7 heteroatoms. The van der Waals surface area contributed by atoms with Crippen LogP contribution >= 0.6 is 0 Å². The normalized spacial score (nSPS) is 11.5. The maximum atomic E-state index is 12.7. The number of nitrogens with zero attached hydrogens (tertiary/aromatic N) is 3. The first-order valence-electron chi connectivity index (χ1n) is 8.01. The van der Waals surface area contributed by atoms with Crippen LogP contribution in [0.25, 0.3) is 22.0 Å². The van der Waals surface area contributed by atoms with Crippen molar-refractivity contribution in [3.8, 4) is 22.8 Å². The molecule has 4 nitrogen and oxygen atoms in total. The molecule has 0 aliphatic carbocycles. The number of hydrogen-bond donors (Lipinski definition) is 0. The molecule has 0 radical (unpaired) electrons. The van der Waals surface area contributed by atoms with Gasteiger partial charge in [-0.25, -0.2) is 9.97 Å². The molecule has 0 saturated heterocycles. The Bertz CT molecular complexity index is 1090. The predicted octanol–water partition coefficient (Wildman–Crippen LogP) is 5.50. The van der Waals surface area contributed by atoms with Crippen LogP contribution in [-0.2, 0) is 6.18 Å². The number of alkyl halides is 3. The molecule has 0 bridgehead atoms. The molecular formula is C20H12F3N3O. The minimum absolute atomic E-state index is 0.239. The first-order chi connectivity index (χ1) is 13.0. The third-order valence-electron chi connectivity index (χ3n) is 3.99. The highest BCUT2D eigenvalue weighted by Gasteiger charge is 2.30. The predicted molar refractivity (Wildman–Crippen MR) is 94.3 cm³/mol. The summed E-state index contributed by atoms with van der Waals surface area (Å²) in [4.78, 5) is 12.6. The molecule has 0 aliphatic rings. The average Bonchev–Trinajstić information content (AvgIpc) is 2.68. The van der Waals surface area contributed by atoms with Crippen molar-refractivity contribution in [2.75, 3.05) is 0 Å². The molecule has 0 amide bonds. The maximum Gasteiger partial charge on any atom is 0.416 e. The Morgan fingerprint density at radius 1 is 0.815 bits per heavy atom. The summed E-state index contributed by atoms with van der Waals surface area (Å²) in [5.41, 5.74) is 1.39. The molecule has 0 N–H and O–H groups in total. The van der Waals surface area contributed by atoms with Crippen LogP contribution in [0.1, 0.15) is 5.56 Å². The van der Waals surface area contributed by atoms with Crippen LogP contribution in [0.3, 0.4) is 0 Å². The molecule has 0 unspecified atom stereocenters. The lowest BCUT2D eigenvalue weighted by atomic mass is 10.0. The van der Waals surface area contributed by atoms with E-state index < -0.39 is 11.7 Å². The number of halogens is 3. The second kappa shape index (κ2) is 6.68. The summed E-state index contributed by atoms with van der Waals surface area (Å²) in [6, 6.07) is 13.9. The summed E-state index contributed by atoms with van der Waals surface area (Å²) in [5, 5.41) is 0.944. The Morgan fingerprint density at radius 2 is 1.59 bits per heavy atom. The van der Waals surface area contributed by atoms with E-state index in [0.717, 1.165) is 28.6 Å². The molecule has 4 rings (SSSR count). The van der Waals surface area contributed by atoms with E-state index >= 15 is 0 Å². The van der Waals surface area contributed by atoms with Crippen molar-refractivity contribution < 1.29 is 17.9 Å². The quantitative estimate of drug-likeness (QED) is 0.479. The summed E-state index contributed by atoms with van der Waals surface area (Å²) in [7, 11) is 0. The lowest BCUT2D eigenvalue weighted by Crippen LogP contribution is -2.04. The Kier molecular flexibility index (Phi) is 4.19. The van der Waals surface area contributed by atoms with Crippen molar-refractivity contribution in [2.45, 2.75) is 6.18 Å². The largest absolute Gasteiger partial charge is 0.438 e. The summed E-state index contributed by atoms with van der Waals surface area (Å²) < 4.78 is 43.9. The molecule has 0 atom stereocenters. The van der Waals surface area contributed by atoms with Gasteiger partial charge in [0.2, 0.25) is 5.88 Å². The molecule has 2 aromatic heterocycles. The Balaban J connectivity index is 1.74. The molecule has 4 aromatic rings. The summed E-state index contributed by atoms with van der Waals surface area (Å²) in [6.45, 7) is 0. The van der Waals surface area contributed by atoms with Gasteiger partial charge in [-0.2, -0.15) is 13.2 Å². The molecule has 2 heterocycles. The number of benzene rings is 2. The van der Waals surface area contributed by atoms with E-state index in [1.54, 1.807) is 12.4 Å². The fourth-order valence-corrected chi connectivity index (χ4v) is 2.73. The minimum atomic E-state index is -4.40. The number of ether oxygens (including phenoxy) is 1. The van der Waals surface area contributed by atoms with Crippen LogP contribution in [0.5, 0.6) is 11.6 Å². The molecule has 0 fully saturated rings. The van der Waals surface area contributed by atoms with Crippen LogP contribution in [0.4, 0.5) is 13.2 Å². The second-order valence-electron chi connectivity index (χ2n) is 5.75. The topological polar surface area (TPSA) is 47.9 Å². The molecule has 27 heavy (non-hydrogen) atoms. The Morgan fingerprint density at radius 3 is 2.37 bits per heavy atom. The van der Waals surface area contributed by atoms with E-state index in [4.69, 9.17) is 4.74 Å². The van der Waals surface area contributed by atoms with Gasteiger partial charge in [-0.05, 0) is 30.3 Å². The molecule has 2 aromatic carbocycles. The van der Waals surface area contributed by atoms with Crippen molar-refractivity contribution in [1.29, 1.82) is 0 Å². The van der Waals surface area contributed by atoms with Crippen LogP contribution in [0, 0.1) is 0 Å². The van der Waals surface area contributed by atoms with Gasteiger partial charge < -0.3 is 4.74 Å². The maximum absolute atomic E-state index is 12.7. The third-order valence-corrected chi connectivity index (χ3v) is 3.99. The Labute approximate surface area is 152 Å². The van der Waals surface area contributed by atoms with Gasteiger partial charge in [0.15, 0.2) is 0 Å².